The van der Waals surface area contributed by atoms with Crippen LogP contribution in [0.1, 0.15) is 21.7 Å². The van der Waals surface area contributed by atoms with Gasteiger partial charge in [-0.15, -0.1) is 11.8 Å². The summed E-state index contributed by atoms with van der Waals surface area (Å²) >= 11 is 7.28. The molecule has 144 valence electrons. The number of primary amides is 1. The first-order chi connectivity index (χ1) is 13.4. The molecule has 0 atom stereocenters. The lowest BCUT2D eigenvalue weighted by molar-refractivity contribution is -0.115. The van der Waals surface area contributed by atoms with Crippen molar-refractivity contribution in [3.63, 3.8) is 0 Å². The Bertz CT molecular complexity index is 1030. The van der Waals surface area contributed by atoms with E-state index in [2.05, 4.69) is 5.32 Å². The van der Waals surface area contributed by atoms with E-state index in [-0.39, 0.29) is 11.7 Å². The van der Waals surface area contributed by atoms with Crippen molar-refractivity contribution in [2.24, 2.45) is 5.73 Å². The summed E-state index contributed by atoms with van der Waals surface area (Å²) in [7, 11) is 0. The minimum absolute atomic E-state index is 0.151. The zero-order valence-electron chi connectivity index (χ0n) is 15.5. The van der Waals surface area contributed by atoms with Crippen LogP contribution in [0, 0.1) is 13.8 Å². The van der Waals surface area contributed by atoms with Gasteiger partial charge in [0.05, 0.1) is 17.0 Å². The number of hydrogen-bond acceptors (Lipinski definition) is 3. The Kier molecular flexibility index (Phi) is 6.11. The van der Waals surface area contributed by atoms with Gasteiger partial charge in [-0.05, 0) is 56.3 Å². The molecule has 3 rings (SSSR count). The number of anilines is 1. The van der Waals surface area contributed by atoms with Gasteiger partial charge in [0.1, 0.15) is 0 Å². The van der Waals surface area contributed by atoms with Gasteiger partial charge in [-0.25, -0.2) is 0 Å². The predicted octanol–water partition coefficient (Wildman–Crippen LogP) is 4.58. The number of halogens is 1. The largest absolute Gasteiger partial charge is 0.369 e. The average Bonchev–Trinajstić information content (AvgIpc) is 2.96. The molecule has 0 aliphatic rings. The van der Waals surface area contributed by atoms with Gasteiger partial charge >= 0.3 is 0 Å². The molecule has 0 unspecified atom stereocenters. The number of para-hydroxylation sites is 1. The number of amides is 2. The summed E-state index contributed by atoms with van der Waals surface area (Å²) in [5, 5.41) is 3.61. The van der Waals surface area contributed by atoms with Crippen molar-refractivity contribution in [2.75, 3.05) is 11.1 Å². The number of benzene rings is 2. The molecule has 0 aliphatic heterocycles. The van der Waals surface area contributed by atoms with E-state index in [9.17, 15) is 9.59 Å². The highest BCUT2D eigenvalue weighted by Crippen LogP contribution is 2.28. The quantitative estimate of drug-likeness (QED) is 0.581. The molecule has 0 fully saturated rings. The zero-order valence-corrected chi connectivity index (χ0v) is 17.1. The number of carbonyl (C=O) groups is 2. The van der Waals surface area contributed by atoms with Crippen LogP contribution in [0.15, 0.2) is 59.5 Å². The Morgan fingerprint density at radius 3 is 2.46 bits per heavy atom. The van der Waals surface area contributed by atoms with Crippen LogP contribution in [0.3, 0.4) is 0 Å². The molecule has 0 aliphatic carbocycles. The molecule has 0 spiro atoms. The van der Waals surface area contributed by atoms with Gasteiger partial charge in [0, 0.05) is 27.0 Å². The molecule has 1 heterocycles. The standard InChI is InChI=1S/C21H20ClN3O2S/c1-13-11-17(14(2)25(13)16-9-7-15(22)8-10-16)21(27)24-18-5-3-4-6-19(18)28-12-20(23)26/h3-11H,12H2,1-2H3,(H2,23,26)(H,24,27). The van der Waals surface area contributed by atoms with E-state index in [1.807, 2.05) is 66.9 Å². The van der Waals surface area contributed by atoms with Crippen molar-refractivity contribution >= 4 is 40.9 Å². The molecule has 2 aromatic carbocycles. The van der Waals surface area contributed by atoms with E-state index in [1.54, 1.807) is 6.07 Å². The van der Waals surface area contributed by atoms with Gasteiger partial charge in [0.2, 0.25) is 5.91 Å². The number of hydrogen-bond donors (Lipinski definition) is 2. The van der Waals surface area contributed by atoms with Crippen molar-refractivity contribution in [3.05, 3.63) is 76.6 Å². The summed E-state index contributed by atoms with van der Waals surface area (Å²) in [4.78, 5) is 24.8. The second kappa shape index (κ2) is 8.54. The van der Waals surface area contributed by atoms with Crippen LogP contribution in [-0.2, 0) is 4.79 Å². The van der Waals surface area contributed by atoms with E-state index >= 15 is 0 Å². The molecule has 3 aromatic rings. The molecule has 2 amide bonds. The number of nitrogens with two attached hydrogens (primary N) is 1. The highest BCUT2D eigenvalue weighted by atomic mass is 35.5. The van der Waals surface area contributed by atoms with Crippen LogP contribution < -0.4 is 11.1 Å². The summed E-state index contributed by atoms with van der Waals surface area (Å²) in [6, 6.07) is 16.7. The molecule has 0 radical (unpaired) electrons. The average molecular weight is 414 g/mol. The van der Waals surface area contributed by atoms with E-state index in [0.29, 0.717) is 16.3 Å². The van der Waals surface area contributed by atoms with Gasteiger partial charge in [-0.1, -0.05) is 23.7 Å². The Hall–Kier alpha value is -2.70. The molecule has 28 heavy (non-hydrogen) atoms. The summed E-state index contributed by atoms with van der Waals surface area (Å²) < 4.78 is 2.01. The van der Waals surface area contributed by atoms with Crippen molar-refractivity contribution in [1.82, 2.24) is 4.57 Å². The van der Waals surface area contributed by atoms with Crippen LogP contribution in [0.2, 0.25) is 5.02 Å². The minimum atomic E-state index is -0.405. The van der Waals surface area contributed by atoms with Gasteiger partial charge in [0.15, 0.2) is 0 Å². The maximum atomic E-state index is 12.9. The fourth-order valence-corrected chi connectivity index (χ4v) is 3.89. The van der Waals surface area contributed by atoms with E-state index in [1.165, 1.54) is 11.8 Å². The van der Waals surface area contributed by atoms with Crippen LogP contribution in [0.4, 0.5) is 5.69 Å². The monoisotopic (exact) mass is 413 g/mol. The van der Waals surface area contributed by atoms with Crippen LogP contribution >= 0.6 is 23.4 Å². The summed E-state index contributed by atoms with van der Waals surface area (Å²) in [5.41, 5.74) is 9.18. The van der Waals surface area contributed by atoms with Crippen molar-refractivity contribution < 1.29 is 9.59 Å². The lowest BCUT2D eigenvalue weighted by Gasteiger charge is -2.12. The van der Waals surface area contributed by atoms with E-state index < -0.39 is 5.91 Å². The third-order valence-electron chi connectivity index (χ3n) is 4.27. The number of aromatic nitrogens is 1. The highest BCUT2D eigenvalue weighted by molar-refractivity contribution is 8.00. The van der Waals surface area contributed by atoms with E-state index in [4.69, 9.17) is 17.3 Å². The molecule has 7 heteroatoms. The molecular formula is C21H20ClN3O2S. The maximum absolute atomic E-state index is 12.9. The normalized spacial score (nSPS) is 10.7. The molecule has 0 saturated heterocycles. The summed E-state index contributed by atoms with van der Waals surface area (Å²) in [6.45, 7) is 3.86. The van der Waals surface area contributed by atoms with Crippen molar-refractivity contribution in [3.8, 4) is 5.69 Å². The number of nitrogens with one attached hydrogen (secondary N) is 1. The van der Waals surface area contributed by atoms with Crippen LogP contribution in [0.5, 0.6) is 0 Å². The second-order valence-corrected chi connectivity index (χ2v) is 7.76. The van der Waals surface area contributed by atoms with Gasteiger partial charge in [0.25, 0.3) is 5.91 Å². The summed E-state index contributed by atoms with van der Waals surface area (Å²) in [6.07, 6.45) is 0. The number of carbonyl (C=O) groups excluding carboxylic acids is 2. The minimum Gasteiger partial charge on any atom is -0.369 e. The Labute approximate surface area is 172 Å². The lowest BCUT2D eigenvalue weighted by atomic mass is 10.2. The molecular weight excluding hydrogens is 394 g/mol. The third kappa shape index (κ3) is 4.40. The highest BCUT2D eigenvalue weighted by Gasteiger charge is 2.18. The number of rotatable bonds is 6. The van der Waals surface area contributed by atoms with Crippen LogP contribution in [-0.4, -0.2) is 22.1 Å². The first-order valence-electron chi connectivity index (χ1n) is 8.63. The van der Waals surface area contributed by atoms with Crippen molar-refractivity contribution in [1.29, 1.82) is 0 Å². The third-order valence-corrected chi connectivity index (χ3v) is 5.61. The molecule has 3 N–H and O–H groups in total. The SMILES string of the molecule is Cc1cc(C(=O)Nc2ccccc2SCC(N)=O)c(C)n1-c1ccc(Cl)cc1. The lowest BCUT2D eigenvalue weighted by Crippen LogP contribution is -2.15. The van der Waals surface area contributed by atoms with Gasteiger partial charge in [-0.3, -0.25) is 9.59 Å². The maximum Gasteiger partial charge on any atom is 0.257 e. The zero-order chi connectivity index (χ0) is 20.3. The number of nitrogens with zero attached hydrogens (tertiary/aromatic N) is 1. The molecule has 0 saturated carbocycles. The topological polar surface area (TPSA) is 77.1 Å². The number of aryl methyl sites for hydroxylation is 1. The molecule has 1 aromatic heterocycles. The van der Waals surface area contributed by atoms with Gasteiger partial charge < -0.3 is 15.6 Å². The summed E-state index contributed by atoms with van der Waals surface area (Å²) in [5.74, 6) is -0.462. The Morgan fingerprint density at radius 1 is 1.11 bits per heavy atom. The van der Waals surface area contributed by atoms with Crippen LogP contribution in [0.25, 0.3) is 5.69 Å². The second-order valence-electron chi connectivity index (χ2n) is 6.30. The fraction of sp³-hybridized carbons (Fsp3) is 0.143. The van der Waals surface area contributed by atoms with E-state index in [0.717, 1.165) is 22.0 Å². The van der Waals surface area contributed by atoms with Gasteiger partial charge in [-0.2, -0.15) is 0 Å². The first kappa shape index (κ1) is 20.0. The molecule has 5 nitrogen and oxygen atoms in total. The van der Waals surface area contributed by atoms with Crippen molar-refractivity contribution in [2.45, 2.75) is 18.7 Å². The smallest absolute Gasteiger partial charge is 0.257 e. The predicted molar refractivity (Wildman–Crippen MR) is 115 cm³/mol. The first-order valence-corrected chi connectivity index (χ1v) is 9.99. The fourth-order valence-electron chi connectivity index (χ4n) is 3.01. The Morgan fingerprint density at radius 2 is 1.79 bits per heavy atom. The number of thioether (sulfide) groups is 1. The Balaban J connectivity index is 1.87. The molecule has 0 bridgehead atoms.